The number of hydrogen-bond acceptors (Lipinski definition) is 3. The van der Waals surface area contributed by atoms with Gasteiger partial charge in [0, 0.05) is 23.8 Å². The Hall–Kier alpha value is -1.84. The number of nitrogens with two attached hydrogens (primary N) is 1. The van der Waals surface area contributed by atoms with Gasteiger partial charge in [-0.05, 0) is 37.0 Å². The van der Waals surface area contributed by atoms with Crippen molar-refractivity contribution in [1.29, 1.82) is 0 Å². The second kappa shape index (κ2) is 4.44. The molecule has 94 valence electrons. The highest BCUT2D eigenvalue weighted by Crippen LogP contribution is 2.31. The van der Waals surface area contributed by atoms with Crippen molar-refractivity contribution in [2.45, 2.75) is 19.3 Å². The van der Waals surface area contributed by atoms with Gasteiger partial charge in [-0.1, -0.05) is 6.42 Å². The number of anilines is 2. The summed E-state index contributed by atoms with van der Waals surface area (Å²) in [5.41, 5.74) is 7.34. The molecule has 4 heteroatoms. The van der Waals surface area contributed by atoms with Crippen molar-refractivity contribution in [1.82, 2.24) is 4.98 Å². The van der Waals surface area contributed by atoms with Gasteiger partial charge in [0.1, 0.15) is 0 Å². The van der Waals surface area contributed by atoms with E-state index in [1.807, 2.05) is 12.1 Å². The largest absolute Gasteiger partial charge is 0.398 e. The lowest BCUT2D eigenvalue weighted by Crippen LogP contribution is -2.21. The van der Waals surface area contributed by atoms with Crippen LogP contribution in [-0.4, -0.2) is 11.5 Å². The fraction of sp³-hybridized carbons (Fsp3) is 0.357. The van der Waals surface area contributed by atoms with Crippen LogP contribution in [0.2, 0.25) is 0 Å². The molecule has 18 heavy (non-hydrogen) atoms. The molecule has 1 heterocycles. The smallest absolute Gasteiger partial charge is 0.150 e. The van der Waals surface area contributed by atoms with Crippen molar-refractivity contribution in [3.05, 3.63) is 30.2 Å². The maximum atomic E-state index is 14.0. The van der Waals surface area contributed by atoms with E-state index in [0.717, 1.165) is 11.9 Å². The van der Waals surface area contributed by atoms with Crippen molar-refractivity contribution in [2.24, 2.45) is 5.92 Å². The first-order valence-corrected chi connectivity index (χ1v) is 6.32. The average Bonchev–Trinajstić information content (AvgIpc) is 2.31. The van der Waals surface area contributed by atoms with E-state index in [1.165, 1.54) is 25.3 Å². The molecule has 1 saturated carbocycles. The first-order valence-electron chi connectivity index (χ1n) is 6.32. The van der Waals surface area contributed by atoms with Crippen LogP contribution in [0.1, 0.15) is 19.3 Å². The Kier molecular flexibility index (Phi) is 2.78. The summed E-state index contributed by atoms with van der Waals surface area (Å²) in [7, 11) is 0. The Balaban J connectivity index is 1.98. The lowest BCUT2D eigenvalue weighted by Gasteiger charge is -2.26. The highest BCUT2D eigenvalue weighted by molar-refractivity contribution is 5.98. The lowest BCUT2D eigenvalue weighted by atomic mass is 9.85. The summed E-state index contributed by atoms with van der Waals surface area (Å²) in [5, 5.41) is 3.99. The van der Waals surface area contributed by atoms with Crippen LogP contribution in [0, 0.1) is 11.7 Å². The van der Waals surface area contributed by atoms with E-state index in [-0.39, 0.29) is 5.82 Å². The summed E-state index contributed by atoms with van der Waals surface area (Å²) in [4.78, 5) is 4.24. The van der Waals surface area contributed by atoms with Crippen molar-refractivity contribution in [3.63, 3.8) is 0 Å². The number of halogens is 1. The van der Waals surface area contributed by atoms with Gasteiger partial charge in [0.2, 0.25) is 0 Å². The number of pyridine rings is 1. The SMILES string of the molecule is Nc1cc(F)c(NCC2CCC2)c2ncccc12. The fourth-order valence-corrected chi connectivity index (χ4v) is 2.35. The van der Waals surface area contributed by atoms with Crippen LogP contribution in [0.25, 0.3) is 10.9 Å². The third-order valence-electron chi connectivity index (χ3n) is 3.67. The summed E-state index contributed by atoms with van der Waals surface area (Å²) in [5.74, 6) is 0.346. The molecule has 3 rings (SSSR count). The molecule has 3 N–H and O–H groups in total. The molecular formula is C14H16FN3. The van der Waals surface area contributed by atoms with E-state index < -0.39 is 0 Å². The van der Waals surface area contributed by atoms with E-state index >= 15 is 0 Å². The third-order valence-corrected chi connectivity index (χ3v) is 3.67. The van der Waals surface area contributed by atoms with Gasteiger partial charge in [0.15, 0.2) is 5.82 Å². The fourth-order valence-electron chi connectivity index (χ4n) is 2.35. The van der Waals surface area contributed by atoms with Crippen molar-refractivity contribution >= 4 is 22.3 Å². The Morgan fingerprint density at radius 1 is 1.44 bits per heavy atom. The van der Waals surface area contributed by atoms with E-state index in [2.05, 4.69) is 10.3 Å². The summed E-state index contributed by atoms with van der Waals surface area (Å²) in [6, 6.07) is 5.05. The predicted octanol–water partition coefficient (Wildman–Crippen LogP) is 3.17. The minimum absolute atomic E-state index is 0.321. The second-order valence-corrected chi connectivity index (χ2v) is 4.90. The number of aromatic nitrogens is 1. The van der Waals surface area contributed by atoms with Crippen molar-refractivity contribution < 1.29 is 4.39 Å². The first kappa shape index (κ1) is 11.3. The highest BCUT2D eigenvalue weighted by Gasteiger charge is 2.18. The number of nitrogen functional groups attached to an aromatic ring is 1. The molecule has 1 aromatic heterocycles. The van der Waals surface area contributed by atoms with Gasteiger partial charge in [0.05, 0.1) is 11.2 Å². The zero-order chi connectivity index (χ0) is 12.5. The molecule has 0 spiro atoms. The molecule has 0 amide bonds. The molecule has 0 unspecified atom stereocenters. The normalized spacial score (nSPS) is 15.6. The van der Waals surface area contributed by atoms with E-state index in [0.29, 0.717) is 22.8 Å². The van der Waals surface area contributed by atoms with Gasteiger partial charge in [-0.25, -0.2) is 4.39 Å². The van der Waals surface area contributed by atoms with Crippen molar-refractivity contribution in [3.8, 4) is 0 Å². The number of fused-ring (bicyclic) bond motifs is 1. The Labute approximate surface area is 105 Å². The highest BCUT2D eigenvalue weighted by atomic mass is 19.1. The van der Waals surface area contributed by atoms with Gasteiger partial charge >= 0.3 is 0 Å². The van der Waals surface area contributed by atoms with Crippen LogP contribution in [0.15, 0.2) is 24.4 Å². The number of hydrogen-bond donors (Lipinski definition) is 2. The quantitative estimate of drug-likeness (QED) is 0.817. The summed E-state index contributed by atoms with van der Waals surface area (Å²) < 4.78 is 14.0. The molecule has 0 saturated heterocycles. The van der Waals surface area contributed by atoms with Crippen LogP contribution in [0.3, 0.4) is 0 Å². The maximum absolute atomic E-state index is 14.0. The van der Waals surface area contributed by atoms with Crippen LogP contribution in [0.4, 0.5) is 15.8 Å². The van der Waals surface area contributed by atoms with Crippen LogP contribution in [0.5, 0.6) is 0 Å². The molecule has 0 radical (unpaired) electrons. The number of nitrogens with zero attached hydrogens (tertiary/aromatic N) is 1. The predicted molar refractivity (Wildman–Crippen MR) is 71.9 cm³/mol. The zero-order valence-electron chi connectivity index (χ0n) is 10.1. The van der Waals surface area contributed by atoms with Crippen LogP contribution >= 0.6 is 0 Å². The second-order valence-electron chi connectivity index (χ2n) is 4.90. The molecule has 3 nitrogen and oxygen atoms in total. The third kappa shape index (κ3) is 1.88. The minimum atomic E-state index is -0.321. The first-order chi connectivity index (χ1) is 8.75. The van der Waals surface area contributed by atoms with Gasteiger partial charge in [-0.3, -0.25) is 4.98 Å². The van der Waals surface area contributed by atoms with Gasteiger partial charge < -0.3 is 11.1 Å². The minimum Gasteiger partial charge on any atom is -0.398 e. The Morgan fingerprint density at radius 3 is 3.00 bits per heavy atom. The van der Waals surface area contributed by atoms with E-state index in [1.54, 1.807) is 6.20 Å². The molecular weight excluding hydrogens is 229 g/mol. The maximum Gasteiger partial charge on any atom is 0.150 e. The van der Waals surface area contributed by atoms with Crippen LogP contribution in [-0.2, 0) is 0 Å². The lowest BCUT2D eigenvalue weighted by molar-refractivity contribution is 0.333. The van der Waals surface area contributed by atoms with E-state index in [9.17, 15) is 4.39 Å². The van der Waals surface area contributed by atoms with Crippen molar-refractivity contribution in [2.75, 3.05) is 17.6 Å². The summed E-state index contributed by atoms with van der Waals surface area (Å²) >= 11 is 0. The topological polar surface area (TPSA) is 50.9 Å². The summed E-state index contributed by atoms with van der Waals surface area (Å²) in [6.07, 6.45) is 5.41. The van der Waals surface area contributed by atoms with Crippen LogP contribution < -0.4 is 11.1 Å². The Morgan fingerprint density at radius 2 is 2.28 bits per heavy atom. The standard InChI is InChI=1S/C14H16FN3/c15-11-7-12(16)10-5-2-6-17-13(10)14(11)18-8-9-3-1-4-9/h2,5-7,9,18H,1,3-4,8,16H2. The van der Waals surface area contributed by atoms with E-state index in [4.69, 9.17) is 5.73 Å². The molecule has 0 aliphatic heterocycles. The van der Waals surface area contributed by atoms with Gasteiger partial charge in [-0.2, -0.15) is 0 Å². The molecule has 0 atom stereocenters. The molecule has 1 fully saturated rings. The molecule has 2 aromatic rings. The number of rotatable bonds is 3. The molecule has 1 aliphatic rings. The Bertz CT molecular complexity index is 579. The average molecular weight is 245 g/mol. The van der Waals surface area contributed by atoms with Gasteiger partial charge in [0.25, 0.3) is 0 Å². The zero-order valence-corrected chi connectivity index (χ0v) is 10.1. The monoisotopic (exact) mass is 245 g/mol. The number of nitrogens with one attached hydrogen (secondary N) is 1. The number of benzene rings is 1. The summed E-state index contributed by atoms with van der Waals surface area (Å²) in [6.45, 7) is 0.812. The molecule has 0 bridgehead atoms. The molecule has 1 aromatic carbocycles. The van der Waals surface area contributed by atoms with Gasteiger partial charge in [-0.15, -0.1) is 0 Å². The molecule has 1 aliphatic carbocycles.